The fourth-order valence-electron chi connectivity index (χ4n) is 3.73. The lowest BCUT2D eigenvalue weighted by atomic mass is 10.1. The third kappa shape index (κ3) is 2.84. The van der Waals surface area contributed by atoms with Crippen molar-refractivity contribution in [2.24, 2.45) is 0 Å². The van der Waals surface area contributed by atoms with Crippen LogP contribution in [0.4, 0.5) is 0 Å². The molecule has 0 bridgehead atoms. The molecule has 0 saturated carbocycles. The number of benzene rings is 1. The monoisotopic (exact) mass is 274 g/mol. The second-order valence-corrected chi connectivity index (χ2v) is 6.20. The number of fused-ring (bicyclic) bond motifs is 1. The molecule has 2 heterocycles. The molecule has 3 nitrogen and oxygen atoms in total. The van der Waals surface area contributed by atoms with Gasteiger partial charge in [0.1, 0.15) is 5.75 Å². The fraction of sp³-hybridized carbons (Fsp3) is 0.647. The van der Waals surface area contributed by atoms with Crippen LogP contribution in [0.25, 0.3) is 0 Å². The highest BCUT2D eigenvalue weighted by Crippen LogP contribution is 2.25. The molecule has 20 heavy (non-hydrogen) atoms. The quantitative estimate of drug-likeness (QED) is 0.838. The molecule has 0 radical (unpaired) electrons. The molecule has 2 unspecified atom stereocenters. The molecule has 0 aromatic heterocycles. The molecule has 2 aliphatic rings. The van der Waals surface area contributed by atoms with Gasteiger partial charge in [0.25, 0.3) is 0 Å². The summed E-state index contributed by atoms with van der Waals surface area (Å²) in [6.07, 6.45) is 3.86. The van der Waals surface area contributed by atoms with Gasteiger partial charge in [0.05, 0.1) is 7.11 Å². The lowest BCUT2D eigenvalue weighted by Gasteiger charge is -2.42. The molecular weight excluding hydrogens is 248 g/mol. The number of rotatable bonds is 4. The van der Waals surface area contributed by atoms with Crippen LogP contribution in [0.2, 0.25) is 0 Å². The topological polar surface area (TPSA) is 15.7 Å². The number of hydrogen-bond donors (Lipinski definition) is 0. The van der Waals surface area contributed by atoms with Crippen LogP contribution in [-0.4, -0.2) is 55.2 Å². The second-order valence-electron chi connectivity index (χ2n) is 6.20. The number of methoxy groups -OCH3 is 1. The Hall–Kier alpha value is -1.06. The summed E-state index contributed by atoms with van der Waals surface area (Å²) in [4.78, 5) is 5.35. The summed E-state index contributed by atoms with van der Waals surface area (Å²) < 4.78 is 5.45. The zero-order chi connectivity index (χ0) is 13.9. The van der Waals surface area contributed by atoms with Gasteiger partial charge < -0.3 is 4.74 Å². The minimum atomic E-state index is 0.680. The molecular formula is C17H26N2O. The highest BCUT2D eigenvalue weighted by atomic mass is 16.5. The third-order valence-corrected chi connectivity index (χ3v) is 4.93. The van der Waals surface area contributed by atoms with Crippen molar-refractivity contribution in [3.05, 3.63) is 29.8 Å². The summed E-state index contributed by atoms with van der Waals surface area (Å²) in [5.41, 5.74) is 1.33. The van der Waals surface area contributed by atoms with Crippen molar-refractivity contribution < 1.29 is 4.74 Å². The average molecular weight is 274 g/mol. The van der Waals surface area contributed by atoms with Gasteiger partial charge in [-0.15, -0.1) is 0 Å². The molecule has 110 valence electrons. The van der Waals surface area contributed by atoms with E-state index >= 15 is 0 Å². The number of para-hydroxylation sites is 1. The molecule has 1 aromatic rings. The molecule has 0 amide bonds. The van der Waals surface area contributed by atoms with Gasteiger partial charge in [0.15, 0.2) is 0 Å². The Balaban J connectivity index is 1.60. The Kier molecular flexibility index (Phi) is 4.27. The predicted molar refractivity (Wildman–Crippen MR) is 82.3 cm³/mol. The number of hydrogen-bond acceptors (Lipinski definition) is 3. The first-order valence-corrected chi connectivity index (χ1v) is 7.88. The maximum absolute atomic E-state index is 5.45. The summed E-state index contributed by atoms with van der Waals surface area (Å²) >= 11 is 0. The van der Waals surface area contributed by atoms with E-state index in [1.165, 1.54) is 38.0 Å². The summed E-state index contributed by atoms with van der Waals surface area (Å²) in [6.45, 7) is 7.32. The van der Waals surface area contributed by atoms with Crippen LogP contribution in [0.1, 0.15) is 25.3 Å². The van der Waals surface area contributed by atoms with Crippen molar-refractivity contribution in [3.8, 4) is 5.75 Å². The number of ether oxygens (including phenoxy) is 1. The first-order valence-electron chi connectivity index (χ1n) is 7.88. The van der Waals surface area contributed by atoms with E-state index in [2.05, 4.69) is 34.9 Å². The fourth-order valence-corrected chi connectivity index (χ4v) is 3.73. The molecule has 0 spiro atoms. The molecule has 2 aliphatic heterocycles. The van der Waals surface area contributed by atoms with Crippen LogP contribution >= 0.6 is 0 Å². The van der Waals surface area contributed by atoms with Gasteiger partial charge >= 0.3 is 0 Å². The second kappa shape index (κ2) is 6.15. The van der Waals surface area contributed by atoms with Gasteiger partial charge in [0, 0.05) is 31.7 Å². The average Bonchev–Trinajstić information content (AvgIpc) is 2.92. The molecule has 2 fully saturated rings. The largest absolute Gasteiger partial charge is 0.496 e. The molecule has 1 aromatic carbocycles. The van der Waals surface area contributed by atoms with Crippen molar-refractivity contribution in [2.75, 3.05) is 33.3 Å². The van der Waals surface area contributed by atoms with E-state index in [0.29, 0.717) is 6.04 Å². The minimum absolute atomic E-state index is 0.680. The van der Waals surface area contributed by atoms with Crippen molar-refractivity contribution >= 4 is 0 Å². The SMILES string of the molecule is COc1ccccc1CCN1CC2CCCN2CC1C. The van der Waals surface area contributed by atoms with Gasteiger partial charge in [0.2, 0.25) is 0 Å². The van der Waals surface area contributed by atoms with Gasteiger partial charge in [-0.25, -0.2) is 0 Å². The summed E-state index contributed by atoms with van der Waals surface area (Å²) in [6, 6.07) is 9.89. The molecule has 0 aliphatic carbocycles. The van der Waals surface area contributed by atoms with Crippen LogP contribution < -0.4 is 4.74 Å². The van der Waals surface area contributed by atoms with E-state index in [0.717, 1.165) is 24.8 Å². The van der Waals surface area contributed by atoms with Crippen molar-refractivity contribution in [2.45, 2.75) is 38.3 Å². The van der Waals surface area contributed by atoms with Gasteiger partial charge in [-0.3, -0.25) is 9.80 Å². The number of nitrogens with zero attached hydrogens (tertiary/aromatic N) is 2. The molecule has 3 heteroatoms. The van der Waals surface area contributed by atoms with Gasteiger partial charge in [-0.05, 0) is 44.4 Å². The lowest BCUT2D eigenvalue weighted by molar-refractivity contribution is 0.0604. The summed E-state index contributed by atoms with van der Waals surface area (Å²) in [7, 11) is 1.76. The zero-order valence-corrected chi connectivity index (χ0v) is 12.7. The van der Waals surface area contributed by atoms with Crippen LogP contribution in [0.3, 0.4) is 0 Å². The van der Waals surface area contributed by atoms with Crippen LogP contribution in [0, 0.1) is 0 Å². The zero-order valence-electron chi connectivity index (χ0n) is 12.7. The lowest BCUT2D eigenvalue weighted by Crippen LogP contribution is -2.55. The van der Waals surface area contributed by atoms with E-state index in [9.17, 15) is 0 Å². The van der Waals surface area contributed by atoms with E-state index in [1.807, 2.05) is 6.07 Å². The predicted octanol–water partition coefficient (Wildman–Crippen LogP) is 2.41. The summed E-state index contributed by atoms with van der Waals surface area (Å²) in [5.74, 6) is 1.03. The number of piperazine rings is 1. The molecule has 3 rings (SSSR count). The maximum Gasteiger partial charge on any atom is 0.122 e. The Morgan fingerprint density at radius 1 is 1.25 bits per heavy atom. The highest BCUT2D eigenvalue weighted by molar-refractivity contribution is 5.33. The third-order valence-electron chi connectivity index (χ3n) is 4.93. The van der Waals surface area contributed by atoms with Crippen LogP contribution in [-0.2, 0) is 6.42 Å². The molecule has 0 N–H and O–H groups in total. The van der Waals surface area contributed by atoms with Crippen molar-refractivity contribution in [1.29, 1.82) is 0 Å². The van der Waals surface area contributed by atoms with Crippen LogP contribution in [0.15, 0.2) is 24.3 Å². The first-order chi connectivity index (χ1) is 9.78. The standard InChI is InChI=1S/C17H26N2O/c1-14-12-19-10-5-7-16(19)13-18(14)11-9-15-6-3-4-8-17(15)20-2/h3-4,6,8,14,16H,5,7,9-13H2,1-2H3. The van der Waals surface area contributed by atoms with E-state index < -0.39 is 0 Å². The Bertz CT molecular complexity index is 448. The minimum Gasteiger partial charge on any atom is -0.496 e. The maximum atomic E-state index is 5.45. The van der Waals surface area contributed by atoms with E-state index in [-0.39, 0.29) is 0 Å². The normalized spacial score (nSPS) is 27.5. The Labute approximate surface area is 122 Å². The van der Waals surface area contributed by atoms with E-state index in [1.54, 1.807) is 7.11 Å². The first kappa shape index (κ1) is 13.9. The van der Waals surface area contributed by atoms with Gasteiger partial charge in [-0.2, -0.15) is 0 Å². The molecule has 2 atom stereocenters. The van der Waals surface area contributed by atoms with Crippen LogP contribution in [0.5, 0.6) is 5.75 Å². The summed E-state index contributed by atoms with van der Waals surface area (Å²) in [5, 5.41) is 0. The smallest absolute Gasteiger partial charge is 0.122 e. The molecule has 2 saturated heterocycles. The highest BCUT2D eigenvalue weighted by Gasteiger charge is 2.33. The Morgan fingerprint density at radius 2 is 2.10 bits per heavy atom. The Morgan fingerprint density at radius 3 is 2.95 bits per heavy atom. The van der Waals surface area contributed by atoms with Crippen molar-refractivity contribution in [3.63, 3.8) is 0 Å². The van der Waals surface area contributed by atoms with Gasteiger partial charge in [-0.1, -0.05) is 18.2 Å². The van der Waals surface area contributed by atoms with Crippen molar-refractivity contribution in [1.82, 2.24) is 9.80 Å². The van der Waals surface area contributed by atoms with E-state index in [4.69, 9.17) is 4.74 Å².